The molecule has 0 atom stereocenters. The van der Waals surface area contributed by atoms with E-state index in [1.54, 1.807) is 0 Å². The van der Waals surface area contributed by atoms with E-state index in [0.29, 0.717) is 0 Å². The van der Waals surface area contributed by atoms with Crippen molar-refractivity contribution in [2.75, 3.05) is 26.2 Å². The first kappa shape index (κ1) is 20.0. The van der Waals surface area contributed by atoms with Gasteiger partial charge in [0.1, 0.15) is 17.3 Å². The van der Waals surface area contributed by atoms with E-state index < -0.39 is 0 Å². The Hall–Kier alpha value is -2.30. The van der Waals surface area contributed by atoms with E-state index in [1.807, 2.05) is 30.3 Å². The Kier molecular flexibility index (Phi) is 6.86. The van der Waals surface area contributed by atoms with Crippen LogP contribution in [-0.2, 0) is 6.42 Å². The van der Waals surface area contributed by atoms with Gasteiger partial charge in [-0.2, -0.15) is 0 Å². The van der Waals surface area contributed by atoms with Crippen molar-refractivity contribution in [1.82, 2.24) is 4.90 Å². The minimum absolute atomic E-state index is 0.0814. The van der Waals surface area contributed by atoms with Gasteiger partial charge in [-0.3, -0.25) is 0 Å². The van der Waals surface area contributed by atoms with Crippen molar-refractivity contribution in [2.45, 2.75) is 44.6 Å². The van der Waals surface area contributed by atoms with Crippen LogP contribution in [0.4, 0.5) is 0 Å². The maximum Gasteiger partial charge on any atom is 0.131 e. The van der Waals surface area contributed by atoms with Gasteiger partial charge in [-0.1, -0.05) is 30.3 Å². The van der Waals surface area contributed by atoms with Crippen molar-refractivity contribution in [3.63, 3.8) is 0 Å². The molecular formula is C25H31NO3. The van der Waals surface area contributed by atoms with E-state index in [2.05, 4.69) is 29.2 Å². The molecule has 0 unspecified atom stereocenters. The highest BCUT2D eigenvalue weighted by Crippen LogP contribution is 2.33. The Morgan fingerprint density at radius 2 is 1.83 bits per heavy atom. The molecule has 1 N–H and O–H groups in total. The average Bonchev–Trinajstić information content (AvgIpc) is 2.77. The predicted molar refractivity (Wildman–Crippen MR) is 116 cm³/mol. The maximum absolute atomic E-state index is 9.56. The number of allylic oxidation sites excluding steroid dienone is 1. The van der Waals surface area contributed by atoms with E-state index >= 15 is 0 Å². The number of aliphatic hydroxyl groups excluding tert-OH is 1. The van der Waals surface area contributed by atoms with Crippen LogP contribution >= 0.6 is 0 Å². The van der Waals surface area contributed by atoms with E-state index in [1.165, 1.54) is 18.4 Å². The summed E-state index contributed by atoms with van der Waals surface area (Å²) in [4.78, 5) is 2.47. The number of hydrogen-bond acceptors (Lipinski definition) is 4. The van der Waals surface area contributed by atoms with Crippen molar-refractivity contribution < 1.29 is 14.6 Å². The van der Waals surface area contributed by atoms with Gasteiger partial charge in [-0.15, -0.1) is 0 Å². The second-order valence-electron chi connectivity index (χ2n) is 7.99. The molecule has 2 heterocycles. The molecule has 0 amide bonds. The third kappa shape index (κ3) is 5.62. The number of nitrogens with zero attached hydrogens (tertiary/aromatic N) is 1. The van der Waals surface area contributed by atoms with Crippen molar-refractivity contribution in [3.8, 4) is 11.5 Å². The van der Waals surface area contributed by atoms with Crippen molar-refractivity contribution in [2.24, 2.45) is 0 Å². The molecule has 0 spiro atoms. The van der Waals surface area contributed by atoms with Gasteiger partial charge in [0.2, 0.25) is 0 Å². The summed E-state index contributed by atoms with van der Waals surface area (Å²) in [6.07, 6.45) is 8.22. The number of ether oxygens (including phenoxy) is 2. The summed E-state index contributed by atoms with van der Waals surface area (Å²) in [6.45, 7) is 3.97. The lowest BCUT2D eigenvalue weighted by molar-refractivity contribution is 0.0816. The minimum Gasteiger partial charge on any atom is -0.494 e. The standard InChI is InChI=1S/C25H31NO3/c27-22-13-16-26(17-14-22)15-5-2-6-18-28-23-10-12-25-21(19-23)9-11-24(29-25)20-7-3-1-4-8-20/h1,3-4,7-8,10-12,19,22,27H,2,5-6,9,13-18H2. The van der Waals surface area contributed by atoms with Gasteiger partial charge >= 0.3 is 0 Å². The van der Waals surface area contributed by atoms with E-state index in [0.717, 1.165) is 74.7 Å². The number of unbranched alkanes of at least 4 members (excludes halogenated alkanes) is 2. The Morgan fingerprint density at radius 3 is 2.66 bits per heavy atom. The van der Waals surface area contributed by atoms with Crippen LogP contribution < -0.4 is 9.47 Å². The normalized spacial score (nSPS) is 17.3. The molecule has 4 rings (SSSR count). The zero-order valence-corrected chi connectivity index (χ0v) is 17.1. The van der Waals surface area contributed by atoms with Gasteiger partial charge in [-0.05, 0) is 69.3 Å². The van der Waals surface area contributed by atoms with Crippen LogP contribution in [0, 0.1) is 0 Å². The summed E-state index contributed by atoms with van der Waals surface area (Å²) in [7, 11) is 0. The highest BCUT2D eigenvalue weighted by molar-refractivity contribution is 5.65. The second kappa shape index (κ2) is 9.95. The van der Waals surface area contributed by atoms with Gasteiger partial charge in [-0.25, -0.2) is 0 Å². The zero-order chi connectivity index (χ0) is 19.9. The van der Waals surface area contributed by atoms with Crippen molar-refractivity contribution in [3.05, 3.63) is 65.7 Å². The predicted octanol–water partition coefficient (Wildman–Crippen LogP) is 4.67. The van der Waals surface area contributed by atoms with Crippen molar-refractivity contribution >= 4 is 5.76 Å². The van der Waals surface area contributed by atoms with Crippen LogP contribution in [-0.4, -0.2) is 42.4 Å². The molecule has 4 nitrogen and oxygen atoms in total. The van der Waals surface area contributed by atoms with Gasteiger partial charge in [0, 0.05) is 24.2 Å². The summed E-state index contributed by atoms with van der Waals surface area (Å²) >= 11 is 0. The number of likely N-dealkylation sites (tertiary alicyclic amines) is 1. The molecule has 0 bridgehead atoms. The van der Waals surface area contributed by atoms with E-state index in [-0.39, 0.29) is 6.10 Å². The molecule has 0 saturated carbocycles. The molecular weight excluding hydrogens is 362 g/mol. The number of piperidine rings is 1. The topological polar surface area (TPSA) is 41.9 Å². The van der Waals surface area contributed by atoms with E-state index in [9.17, 15) is 5.11 Å². The Bertz CT molecular complexity index is 810. The number of rotatable bonds is 8. The molecule has 2 aliphatic rings. The lowest BCUT2D eigenvalue weighted by Gasteiger charge is -2.29. The molecule has 1 fully saturated rings. The summed E-state index contributed by atoms with van der Waals surface area (Å²) in [6, 6.07) is 16.4. The van der Waals surface area contributed by atoms with Crippen LogP contribution in [0.15, 0.2) is 54.6 Å². The van der Waals surface area contributed by atoms with Crippen LogP contribution in [0.25, 0.3) is 5.76 Å². The first-order valence-corrected chi connectivity index (χ1v) is 10.9. The molecule has 0 radical (unpaired) electrons. The van der Waals surface area contributed by atoms with Crippen molar-refractivity contribution in [1.29, 1.82) is 0 Å². The molecule has 2 aromatic rings. The third-order valence-corrected chi connectivity index (χ3v) is 5.76. The second-order valence-corrected chi connectivity index (χ2v) is 7.99. The van der Waals surface area contributed by atoms with Crippen LogP contribution in [0.5, 0.6) is 11.5 Å². The van der Waals surface area contributed by atoms with Crippen LogP contribution in [0.2, 0.25) is 0 Å². The van der Waals surface area contributed by atoms with Crippen LogP contribution in [0.1, 0.15) is 43.2 Å². The SMILES string of the molecule is OC1CCN(CCCCCOc2ccc3c(c2)CC=C(c2ccccc2)O3)CC1. The molecule has 0 aromatic heterocycles. The molecule has 4 heteroatoms. The minimum atomic E-state index is -0.0814. The number of benzene rings is 2. The lowest BCUT2D eigenvalue weighted by atomic mass is 10.0. The maximum atomic E-state index is 9.56. The highest BCUT2D eigenvalue weighted by Gasteiger charge is 2.16. The summed E-state index contributed by atoms with van der Waals surface area (Å²) in [5, 5.41) is 9.56. The summed E-state index contributed by atoms with van der Waals surface area (Å²) < 4.78 is 12.0. The smallest absolute Gasteiger partial charge is 0.131 e. The Labute approximate surface area is 173 Å². The summed E-state index contributed by atoms with van der Waals surface area (Å²) in [5.74, 6) is 2.77. The Balaban J connectivity index is 1.18. The van der Waals surface area contributed by atoms with Crippen LogP contribution in [0.3, 0.4) is 0 Å². The number of fused-ring (bicyclic) bond motifs is 1. The fourth-order valence-corrected chi connectivity index (χ4v) is 3.99. The summed E-state index contributed by atoms with van der Waals surface area (Å²) in [5.41, 5.74) is 2.29. The van der Waals surface area contributed by atoms with Gasteiger partial charge in [0.15, 0.2) is 0 Å². The zero-order valence-electron chi connectivity index (χ0n) is 17.1. The molecule has 1 saturated heterocycles. The molecule has 2 aliphatic heterocycles. The fourth-order valence-electron chi connectivity index (χ4n) is 3.99. The van der Waals surface area contributed by atoms with Gasteiger partial charge < -0.3 is 19.5 Å². The quantitative estimate of drug-likeness (QED) is 0.662. The molecule has 29 heavy (non-hydrogen) atoms. The van der Waals surface area contributed by atoms with E-state index in [4.69, 9.17) is 9.47 Å². The first-order chi connectivity index (χ1) is 14.3. The van der Waals surface area contributed by atoms with Gasteiger partial charge in [0.05, 0.1) is 12.7 Å². The monoisotopic (exact) mass is 393 g/mol. The Morgan fingerprint density at radius 1 is 1.00 bits per heavy atom. The average molecular weight is 394 g/mol. The fraction of sp³-hybridized carbons (Fsp3) is 0.440. The molecule has 0 aliphatic carbocycles. The lowest BCUT2D eigenvalue weighted by Crippen LogP contribution is -2.36. The highest BCUT2D eigenvalue weighted by atomic mass is 16.5. The van der Waals surface area contributed by atoms with Gasteiger partial charge in [0.25, 0.3) is 0 Å². The largest absolute Gasteiger partial charge is 0.494 e. The molecule has 2 aromatic carbocycles. The molecule has 154 valence electrons. The number of hydrogen-bond donors (Lipinski definition) is 1. The third-order valence-electron chi connectivity index (χ3n) is 5.76. The first-order valence-electron chi connectivity index (χ1n) is 10.9. The number of aliphatic hydroxyl groups is 1.